The Hall–Kier alpha value is -1.89. The maximum atomic E-state index is 12.5. The van der Waals surface area contributed by atoms with Crippen LogP contribution in [0.5, 0.6) is 0 Å². The smallest absolute Gasteiger partial charge is 0.313 e. The van der Waals surface area contributed by atoms with Gasteiger partial charge in [-0.15, -0.1) is 0 Å². The van der Waals surface area contributed by atoms with E-state index in [0.717, 1.165) is 0 Å². The molecule has 116 valence electrons. The molecular weight excluding hydrogens is 274 g/mol. The number of carbonyl (C=O) groups is 2. The van der Waals surface area contributed by atoms with Crippen LogP contribution in [-0.4, -0.2) is 58.5 Å². The Labute approximate surface area is 123 Å². The Kier molecular flexibility index (Phi) is 4.62. The van der Waals surface area contributed by atoms with Gasteiger partial charge in [0, 0.05) is 32.6 Å². The first-order valence-electron chi connectivity index (χ1n) is 7.00. The van der Waals surface area contributed by atoms with Crippen LogP contribution in [0.1, 0.15) is 25.8 Å². The van der Waals surface area contributed by atoms with Crippen LogP contribution in [0.15, 0.2) is 18.5 Å². The van der Waals surface area contributed by atoms with Crippen LogP contribution in [0, 0.1) is 5.41 Å². The number of rotatable bonds is 5. The fourth-order valence-corrected chi connectivity index (χ4v) is 2.84. The molecule has 0 unspecified atom stereocenters. The molecule has 0 bridgehead atoms. The summed E-state index contributed by atoms with van der Waals surface area (Å²) < 4.78 is 6.65. The number of piperidine rings is 1. The normalized spacial score (nSPS) is 23.8. The average molecular weight is 295 g/mol. The third kappa shape index (κ3) is 3.07. The molecule has 1 N–H and O–H groups in total. The molecule has 1 aromatic rings. The summed E-state index contributed by atoms with van der Waals surface area (Å²) in [6.45, 7) is 2.63. The maximum absolute atomic E-state index is 12.5. The minimum absolute atomic E-state index is 0.111. The Morgan fingerprint density at radius 2 is 2.29 bits per heavy atom. The van der Waals surface area contributed by atoms with E-state index in [2.05, 4.69) is 5.10 Å². The van der Waals surface area contributed by atoms with Gasteiger partial charge in [0.2, 0.25) is 5.91 Å². The van der Waals surface area contributed by atoms with Crippen LogP contribution < -0.4 is 0 Å². The van der Waals surface area contributed by atoms with Crippen molar-refractivity contribution in [3.8, 4) is 0 Å². The van der Waals surface area contributed by atoms with Crippen molar-refractivity contribution in [1.29, 1.82) is 0 Å². The zero-order valence-corrected chi connectivity index (χ0v) is 12.4. The Balaban J connectivity index is 2.13. The first kappa shape index (κ1) is 15.5. The number of hydrogen-bond donors (Lipinski definition) is 1. The SMILES string of the molecule is COC[C@@]1(C(=O)O)CCCN(C(=O)[C@@H](C)n2cccn2)C1. The van der Waals surface area contributed by atoms with Crippen molar-refractivity contribution in [2.45, 2.75) is 25.8 Å². The lowest BCUT2D eigenvalue weighted by Gasteiger charge is -2.40. The molecule has 2 heterocycles. The van der Waals surface area contributed by atoms with E-state index in [0.29, 0.717) is 19.4 Å². The minimum Gasteiger partial charge on any atom is -0.481 e. The molecule has 0 radical (unpaired) electrons. The zero-order valence-electron chi connectivity index (χ0n) is 12.4. The second-order valence-corrected chi connectivity index (χ2v) is 5.54. The van der Waals surface area contributed by atoms with Crippen molar-refractivity contribution < 1.29 is 19.4 Å². The molecule has 21 heavy (non-hydrogen) atoms. The number of likely N-dealkylation sites (tertiary alicyclic amines) is 1. The van der Waals surface area contributed by atoms with Crippen molar-refractivity contribution in [2.24, 2.45) is 5.41 Å². The predicted octanol–water partition coefficient (Wildman–Crippen LogP) is 0.784. The molecule has 2 atom stereocenters. The number of methoxy groups -OCH3 is 1. The molecule has 0 aromatic carbocycles. The number of carbonyl (C=O) groups excluding carboxylic acids is 1. The number of ether oxygens (including phenoxy) is 1. The summed E-state index contributed by atoms with van der Waals surface area (Å²) >= 11 is 0. The highest BCUT2D eigenvalue weighted by molar-refractivity contribution is 5.82. The van der Waals surface area contributed by atoms with Crippen molar-refractivity contribution in [3.05, 3.63) is 18.5 Å². The Bertz CT molecular complexity index is 498. The summed E-state index contributed by atoms with van der Waals surface area (Å²) in [5, 5.41) is 13.6. The summed E-state index contributed by atoms with van der Waals surface area (Å²) in [5.74, 6) is -1.02. The molecule has 1 amide bonds. The summed E-state index contributed by atoms with van der Waals surface area (Å²) in [6.07, 6.45) is 4.53. The number of hydrogen-bond acceptors (Lipinski definition) is 4. The molecule has 7 nitrogen and oxygen atoms in total. The average Bonchev–Trinajstić information content (AvgIpc) is 3.00. The fourth-order valence-electron chi connectivity index (χ4n) is 2.84. The fraction of sp³-hybridized carbons (Fsp3) is 0.643. The van der Waals surface area contributed by atoms with Gasteiger partial charge in [-0.1, -0.05) is 0 Å². The van der Waals surface area contributed by atoms with Gasteiger partial charge in [-0.05, 0) is 25.8 Å². The summed E-state index contributed by atoms with van der Waals surface area (Å²) in [7, 11) is 1.48. The van der Waals surface area contributed by atoms with E-state index in [9.17, 15) is 14.7 Å². The highest BCUT2D eigenvalue weighted by Crippen LogP contribution is 2.31. The van der Waals surface area contributed by atoms with Crippen LogP contribution in [0.25, 0.3) is 0 Å². The van der Waals surface area contributed by atoms with Gasteiger partial charge >= 0.3 is 5.97 Å². The molecule has 1 aliphatic heterocycles. The number of aliphatic carboxylic acids is 1. The second kappa shape index (κ2) is 6.26. The van der Waals surface area contributed by atoms with Crippen molar-refractivity contribution in [3.63, 3.8) is 0 Å². The molecule has 1 aromatic heterocycles. The summed E-state index contributed by atoms with van der Waals surface area (Å²) in [6, 6.07) is 1.32. The quantitative estimate of drug-likeness (QED) is 0.868. The molecule has 7 heteroatoms. The van der Waals surface area contributed by atoms with E-state index in [4.69, 9.17) is 4.74 Å². The van der Waals surface area contributed by atoms with Crippen LogP contribution in [0.4, 0.5) is 0 Å². The lowest BCUT2D eigenvalue weighted by molar-refractivity contribution is -0.159. The van der Waals surface area contributed by atoms with Crippen molar-refractivity contribution >= 4 is 11.9 Å². The van der Waals surface area contributed by atoms with Crippen LogP contribution in [0.3, 0.4) is 0 Å². The van der Waals surface area contributed by atoms with Gasteiger partial charge in [-0.25, -0.2) is 0 Å². The maximum Gasteiger partial charge on any atom is 0.313 e. The molecule has 2 rings (SSSR count). The number of amides is 1. The van der Waals surface area contributed by atoms with E-state index in [1.807, 2.05) is 0 Å². The second-order valence-electron chi connectivity index (χ2n) is 5.54. The highest BCUT2D eigenvalue weighted by atomic mass is 16.5. The minimum atomic E-state index is -1.01. The Morgan fingerprint density at radius 3 is 2.86 bits per heavy atom. The van der Waals surface area contributed by atoms with Crippen LogP contribution in [0.2, 0.25) is 0 Å². The largest absolute Gasteiger partial charge is 0.481 e. The molecule has 1 fully saturated rings. The number of nitrogens with zero attached hydrogens (tertiary/aromatic N) is 3. The van der Waals surface area contributed by atoms with E-state index < -0.39 is 17.4 Å². The van der Waals surface area contributed by atoms with E-state index in [1.165, 1.54) is 7.11 Å². The lowest BCUT2D eigenvalue weighted by atomic mass is 9.80. The van der Waals surface area contributed by atoms with Crippen LogP contribution >= 0.6 is 0 Å². The molecule has 0 aliphatic carbocycles. The number of aromatic nitrogens is 2. The topological polar surface area (TPSA) is 84.7 Å². The number of carboxylic acid groups (broad SMARTS) is 1. The van der Waals surface area contributed by atoms with Gasteiger partial charge in [0.1, 0.15) is 11.5 Å². The van der Waals surface area contributed by atoms with Gasteiger partial charge in [0.05, 0.1) is 6.61 Å². The molecule has 1 aliphatic rings. The van der Waals surface area contributed by atoms with Gasteiger partial charge < -0.3 is 14.7 Å². The van der Waals surface area contributed by atoms with Gasteiger partial charge in [0.15, 0.2) is 0 Å². The van der Waals surface area contributed by atoms with Crippen molar-refractivity contribution in [2.75, 3.05) is 26.8 Å². The summed E-state index contributed by atoms with van der Waals surface area (Å²) in [4.78, 5) is 25.8. The van der Waals surface area contributed by atoms with Gasteiger partial charge in [-0.2, -0.15) is 5.10 Å². The lowest BCUT2D eigenvalue weighted by Crippen LogP contribution is -2.53. The Morgan fingerprint density at radius 1 is 1.52 bits per heavy atom. The van der Waals surface area contributed by atoms with Gasteiger partial charge in [-0.3, -0.25) is 14.3 Å². The predicted molar refractivity (Wildman–Crippen MR) is 74.7 cm³/mol. The van der Waals surface area contributed by atoms with Crippen molar-refractivity contribution in [1.82, 2.24) is 14.7 Å². The standard InChI is InChI=1S/C14H21N3O4/c1-11(17-8-4-6-15-17)12(18)16-7-3-5-14(9-16,10-21-2)13(19)20/h4,6,8,11H,3,5,7,9-10H2,1-2H3,(H,19,20)/t11-,14-/m1/s1. The molecule has 0 saturated carbocycles. The molecule has 0 spiro atoms. The van der Waals surface area contributed by atoms with E-state index >= 15 is 0 Å². The van der Waals surface area contributed by atoms with E-state index in [1.54, 1.807) is 35.0 Å². The van der Waals surface area contributed by atoms with E-state index in [-0.39, 0.29) is 19.1 Å². The first-order chi connectivity index (χ1) is 10.00. The highest BCUT2D eigenvalue weighted by Gasteiger charge is 2.44. The van der Waals surface area contributed by atoms with Gasteiger partial charge in [0.25, 0.3) is 0 Å². The zero-order chi connectivity index (χ0) is 15.5. The summed E-state index contributed by atoms with van der Waals surface area (Å²) in [5.41, 5.74) is -1.01. The first-order valence-corrected chi connectivity index (χ1v) is 7.00. The third-order valence-electron chi connectivity index (χ3n) is 4.04. The molecular formula is C14H21N3O4. The monoisotopic (exact) mass is 295 g/mol. The molecule has 1 saturated heterocycles. The third-order valence-corrected chi connectivity index (χ3v) is 4.04. The van der Waals surface area contributed by atoms with Crippen LogP contribution in [-0.2, 0) is 14.3 Å². The number of carboxylic acids is 1.